The maximum atomic E-state index is 13.1. The monoisotopic (exact) mass is 400 g/mol. The van der Waals surface area contributed by atoms with Crippen molar-refractivity contribution >= 4 is 44.8 Å². The van der Waals surface area contributed by atoms with Crippen molar-refractivity contribution in [3.8, 4) is 0 Å². The Balaban J connectivity index is 1.95. The Bertz CT molecular complexity index is 817. The molecule has 25 heavy (non-hydrogen) atoms. The van der Waals surface area contributed by atoms with Crippen LogP contribution in [0.5, 0.6) is 0 Å². The fourth-order valence-electron chi connectivity index (χ4n) is 3.60. The van der Waals surface area contributed by atoms with Gasteiger partial charge in [-0.2, -0.15) is 11.8 Å². The first-order valence-corrected chi connectivity index (χ1v) is 11.7. The second-order valence-electron chi connectivity index (χ2n) is 6.58. The highest BCUT2D eigenvalue weighted by Gasteiger charge is 2.39. The van der Waals surface area contributed by atoms with E-state index in [1.165, 1.54) is 12.1 Å². The summed E-state index contributed by atoms with van der Waals surface area (Å²) in [6, 6.07) is 2.95. The summed E-state index contributed by atoms with van der Waals surface area (Å²) >= 11 is 8.07. The van der Waals surface area contributed by atoms with Crippen molar-refractivity contribution in [1.29, 1.82) is 0 Å². The summed E-state index contributed by atoms with van der Waals surface area (Å²) in [5.41, 5.74) is 0.813. The second kappa shape index (κ2) is 7.41. The summed E-state index contributed by atoms with van der Waals surface area (Å²) in [7, 11) is -3.30. The van der Waals surface area contributed by atoms with Gasteiger partial charge in [-0.15, -0.1) is 0 Å². The number of carbonyl (C=O) groups is 2. The summed E-state index contributed by atoms with van der Waals surface area (Å²) in [5.74, 6) is -0.00198. The van der Waals surface area contributed by atoms with E-state index in [1.807, 2.05) is 0 Å². The molecular formula is C18H21ClO4S2. The Morgan fingerprint density at radius 1 is 1.32 bits per heavy atom. The highest BCUT2D eigenvalue weighted by molar-refractivity contribution is 7.99. The number of sulfone groups is 1. The van der Waals surface area contributed by atoms with Gasteiger partial charge in [0.1, 0.15) is 5.78 Å². The molecule has 1 saturated carbocycles. The third kappa shape index (κ3) is 3.53. The zero-order valence-corrected chi connectivity index (χ0v) is 16.5. The molecule has 0 radical (unpaired) electrons. The molecule has 1 heterocycles. The molecule has 1 fully saturated rings. The molecule has 136 valence electrons. The van der Waals surface area contributed by atoms with Gasteiger partial charge in [0.25, 0.3) is 0 Å². The third-order valence-electron chi connectivity index (χ3n) is 4.87. The average Bonchev–Trinajstić information content (AvgIpc) is 2.89. The SMILES string of the molecule is CCCSC1CCCC(=O)C1C(=O)c1ccc2c(c1Cl)CCS2(=O)=O. The number of ketones is 2. The molecule has 3 rings (SSSR count). The van der Waals surface area contributed by atoms with Crippen molar-refractivity contribution in [1.82, 2.24) is 0 Å². The van der Waals surface area contributed by atoms with Crippen LogP contribution in [0.25, 0.3) is 0 Å². The molecule has 0 saturated heterocycles. The topological polar surface area (TPSA) is 68.3 Å². The highest BCUT2D eigenvalue weighted by atomic mass is 35.5. The zero-order chi connectivity index (χ0) is 18.2. The van der Waals surface area contributed by atoms with Crippen LogP contribution in [-0.2, 0) is 21.1 Å². The van der Waals surface area contributed by atoms with Crippen LogP contribution in [0.4, 0.5) is 0 Å². The summed E-state index contributed by atoms with van der Waals surface area (Å²) in [5, 5.41) is 0.197. The first-order valence-electron chi connectivity index (χ1n) is 8.59. The summed E-state index contributed by atoms with van der Waals surface area (Å²) in [6.07, 6.45) is 3.42. The Labute approximate surface area is 157 Å². The second-order valence-corrected chi connectivity index (χ2v) is 10.4. The van der Waals surface area contributed by atoms with Gasteiger partial charge < -0.3 is 0 Å². The van der Waals surface area contributed by atoms with Gasteiger partial charge in [-0.1, -0.05) is 18.5 Å². The fourth-order valence-corrected chi connectivity index (χ4v) is 6.90. The Hall–Kier alpha value is -0.850. The van der Waals surface area contributed by atoms with Crippen LogP contribution in [0, 0.1) is 5.92 Å². The van der Waals surface area contributed by atoms with E-state index in [4.69, 9.17) is 11.6 Å². The van der Waals surface area contributed by atoms with Gasteiger partial charge in [0.05, 0.1) is 21.6 Å². The molecule has 1 aliphatic heterocycles. The van der Waals surface area contributed by atoms with Crippen molar-refractivity contribution in [3.63, 3.8) is 0 Å². The van der Waals surface area contributed by atoms with Crippen molar-refractivity contribution in [2.45, 2.75) is 49.2 Å². The van der Waals surface area contributed by atoms with E-state index in [1.54, 1.807) is 11.8 Å². The van der Waals surface area contributed by atoms with Crippen molar-refractivity contribution in [3.05, 3.63) is 28.3 Å². The number of carbonyl (C=O) groups excluding carboxylic acids is 2. The maximum Gasteiger partial charge on any atom is 0.179 e. The van der Waals surface area contributed by atoms with Gasteiger partial charge in [-0.3, -0.25) is 9.59 Å². The molecule has 4 nitrogen and oxygen atoms in total. The van der Waals surface area contributed by atoms with Crippen molar-refractivity contribution in [2.24, 2.45) is 5.92 Å². The Kier molecular flexibility index (Phi) is 5.61. The Morgan fingerprint density at radius 2 is 2.08 bits per heavy atom. The van der Waals surface area contributed by atoms with E-state index >= 15 is 0 Å². The number of thioether (sulfide) groups is 1. The van der Waals surface area contributed by atoms with Crippen molar-refractivity contribution < 1.29 is 18.0 Å². The van der Waals surface area contributed by atoms with E-state index in [-0.39, 0.29) is 32.5 Å². The average molecular weight is 401 g/mol. The van der Waals surface area contributed by atoms with Crippen LogP contribution in [0.3, 0.4) is 0 Å². The van der Waals surface area contributed by atoms with Crippen LogP contribution in [-0.4, -0.2) is 36.7 Å². The minimum Gasteiger partial charge on any atom is -0.299 e. The molecular weight excluding hydrogens is 380 g/mol. The zero-order valence-electron chi connectivity index (χ0n) is 14.1. The van der Waals surface area contributed by atoms with Crippen molar-refractivity contribution in [2.75, 3.05) is 11.5 Å². The van der Waals surface area contributed by atoms with Gasteiger partial charge >= 0.3 is 0 Å². The summed E-state index contributed by atoms with van der Waals surface area (Å²) in [6.45, 7) is 2.08. The number of hydrogen-bond acceptors (Lipinski definition) is 5. The molecule has 1 aromatic rings. The molecule has 1 aromatic carbocycles. The van der Waals surface area contributed by atoms with Crippen LogP contribution in [0.15, 0.2) is 17.0 Å². The molecule has 0 bridgehead atoms. The lowest BCUT2D eigenvalue weighted by molar-refractivity contribution is -0.122. The maximum absolute atomic E-state index is 13.1. The predicted octanol–water partition coefficient (Wildman–Crippen LogP) is 3.73. The number of halogens is 1. The summed E-state index contributed by atoms with van der Waals surface area (Å²) < 4.78 is 24.0. The van der Waals surface area contributed by atoms with E-state index < -0.39 is 15.8 Å². The van der Waals surface area contributed by atoms with E-state index in [0.29, 0.717) is 24.0 Å². The Morgan fingerprint density at radius 3 is 2.80 bits per heavy atom. The normalized spacial score (nSPS) is 25.0. The molecule has 2 aliphatic rings. The van der Waals surface area contributed by atoms with Crippen LogP contribution in [0.1, 0.15) is 48.5 Å². The number of benzene rings is 1. The van der Waals surface area contributed by atoms with E-state index in [9.17, 15) is 18.0 Å². The number of Topliss-reactive ketones (excluding diaryl/α,β-unsaturated/α-hetero) is 2. The minimum absolute atomic E-state index is 0.0123. The fraction of sp³-hybridized carbons (Fsp3) is 0.556. The molecule has 0 amide bonds. The number of hydrogen-bond donors (Lipinski definition) is 0. The largest absolute Gasteiger partial charge is 0.299 e. The number of rotatable bonds is 5. The van der Waals surface area contributed by atoms with Gasteiger partial charge in [0.2, 0.25) is 0 Å². The standard InChI is InChI=1S/C18H21ClO4S2/c1-2-9-24-14-5-3-4-13(20)16(14)18(21)12-6-7-15-11(17(12)19)8-10-25(15,22)23/h6-7,14,16H,2-5,8-10H2,1H3. The molecule has 0 spiro atoms. The first kappa shape index (κ1) is 18.9. The van der Waals surface area contributed by atoms with E-state index in [0.717, 1.165) is 25.0 Å². The molecule has 7 heteroatoms. The third-order valence-corrected chi connectivity index (χ3v) is 8.68. The minimum atomic E-state index is -3.30. The highest BCUT2D eigenvalue weighted by Crippen LogP contribution is 2.38. The van der Waals surface area contributed by atoms with Crippen LogP contribution < -0.4 is 0 Å². The van der Waals surface area contributed by atoms with E-state index in [2.05, 4.69) is 6.92 Å². The first-order chi connectivity index (χ1) is 11.9. The van der Waals surface area contributed by atoms with Crippen LogP contribution in [0.2, 0.25) is 5.02 Å². The number of fused-ring (bicyclic) bond motifs is 1. The molecule has 0 N–H and O–H groups in total. The molecule has 2 unspecified atom stereocenters. The molecule has 1 aliphatic carbocycles. The quantitative estimate of drug-likeness (QED) is 0.556. The van der Waals surface area contributed by atoms with Gasteiger partial charge in [0.15, 0.2) is 15.6 Å². The smallest absolute Gasteiger partial charge is 0.179 e. The molecule has 0 aromatic heterocycles. The van der Waals surface area contributed by atoms with Gasteiger partial charge in [-0.25, -0.2) is 8.42 Å². The lowest BCUT2D eigenvalue weighted by Crippen LogP contribution is -2.37. The summed E-state index contributed by atoms with van der Waals surface area (Å²) in [4.78, 5) is 25.8. The lowest BCUT2D eigenvalue weighted by atomic mass is 9.82. The lowest BCUT2D eigenvalue weighted by Gasteiger charge is -2.29. The predicted molar refractivity (Wildman–Crippen MR) is 100 cm³/mol. The van der Waals surface area contributed by atoms with Gasteiger partial charge in [-0.05, 0) is 49.1 Å². The molecule has 2 atom stereocenters. The van der Waals surface area contributed by atoms with Crippen LogP contribution >= 0.6 is 23.4 Å². The van der Waals surface area contributed by atoms with Gasteiger partial charge in [0, 0.05) is 17.2 Å².